The van der Waals surface area contributed by atoms with Crippen LogP contribution in [0.5, 0.6) is 0 Å². The molecular formula is C14H23Cl2NS. The lowest BCUT2D eigenvalue weighted by molar-refractivity contribution is 0.542. The van der Waals surface area contributed by atoms with Crippen molar-refractivity contribution in [1.82, 2.24) is 0 Å². The molecule has 1 nitrogen and oxygen atoms in total. The average Bonchev–Trinajstić information content (AvgIpc) is 2.67. The first kappa shape index (κ1) is 16.3. The molecule has 2 N–H and O–H groups in total. The van der Waals surface area contributed by atoms with Crippen molar-refractivity contribution in [2.24, 2.45) is 5.73 Å². The predicted octanol–water partition coefficient (Wildman–Crippen LogP) is 6.20. The predicted molar refractivity (Wildman–Crippen MR) is 83.9 cm³/mol. The van der Waals surface area contributed by atoms with E-state index in [4.69, 9.17) is 28.9 Å². The van der Waals surface area contributed by atoms with Crippen LogP contribution in [-0.4, -0.2) is 0 Å². The number of hydrogen-bond donors (Lipinski definition) is 1. The SMILES string of the molecule is CCCCCCCCCC(N)c1cc(Cl)sc1Cl. The van der Waals surface area contributed by atoms with Gasteiger partial charge in [-0.05, 0) is 18.1 Å². The van der Waals surface area contributed by atoms with Gasteiger partial charge >= 0.3 is 0 Å². The van der Waals surface area contributed by atoms with Gasteiger partial charge < -0.3 is 5.73 Å². The Kier molecular flexibility index (Phi) is 8.32. The van der Waals surface area contributed by atoms with Crippen molar-refractivity contribution < 1.29 is 0 Å². The molecule has 18 heavy (non-hydrogen) atoms. The Morgan fingerprint density at radius 1 is 1.11 bits per heavy atom. The van der Waals surface area contributed by atoms with Gasteiger partial charge in [-0.1, -0.05) is 75.1 Å². The van der Waals surface area contributed by atoms with Crippen molar-refractivity contribution in [3.05, 3.63) is 20.3 Å². The van der Waals surface area contributed by atoms with Gasteiger partial charge in [-0.2, -0.15) is 0 Å². The fourth-order valence-corrected chi connectivity index (χ4v) is 3.68. The highest BCUT2D eigenvalue weighted by Gasteiger charge is 2.13. The highest BCUT2D eigenvalue weighted by atomic mass is 35.5. The molecule has 0 spiro atoms. The van der Waals surface area contributed by atoms with E-state index in [1.54, 1.807) is 0 Å². The van der Waals surface area contributed by atoms with Crippen LogP contribution in [0, 0.1) is 0 Å². The number of halogens is 2. The molecule has 1 aromatic heterocycles. The van der Waals surface area contributed by atoms with Crippen molar-refractivity contribution in [2.75, 3.05) is 0 Å². The van der Waals surface area contributed by atoms with Crippen LogP contribution in [0.25, 0.3) is 0 Å². The Bertz CT molecular complexity index is 339. The molecule has 0 saturated heterocycles. The second-order valence-electron chi connectivity index (χ2n) is 4.80. The van der Waals surface area contributed by atoms with Crippen LogP contribution < -0.4 is 5.73 Å². The third-order valence-electron chi connectivity index (χ3n) is 3.20. The molecule has 104 valence electrons. The molecular weight excluding hydrogens is 285 g/mol. The standard InChI is InChI=1S/C14H23Cl2NS/c1-2-3-4-5-6-7-8-9-12(17)11-10-13(15)18-14(11)16/h10,12H,2-9,17H2,1H3. The molecule has 4 heteroatoms. The summed E-state index contributed by atoms with van der Waals surface area (Å²) in [4.78, 5) is 0. The molecule has 0 aliphatic rings. The molecule has 1 atom stereocenters. The zero-order valence-corrected chi connectivity index (χ0v) is 13.4. The van der Waals surface area contributed by atoms with E-state index in [2.05, 4.69) is 6.92 Å². The van der Waals surface area contributed by atoms with Crippen molar-refractivity contribution in [1.29, 1.82) is 0 Å². The number of thiophene rings is 1. The lowest BCUT2D eigenvalue weighted by Gasteiger charge is -2.10. The zero-order valence-electron chi connectivity index (χ0n) is 11.1. The summed E-state index contributed by atoms with van der Waals surface area (Å²) in [5, 5.41) is 0. The van der Waals surface area contributed by atoms with Gasteiger partial charge in [0.15, 0.2) is 0 Å². The number of nitrogens with two attached hydrogens (primary N) is 1. The number of unbranched alkanes of at least 4 members (excludes halogenated alkanes) is 6. The summed E-state index contributed by atoms with van der Waals surface area (Å²) < 4.78 is 1.47. The highest BCUT2D eigenvalue weighted by molar-refractivity contribution is 7.20. The minimum atomic E-state index is 0.0388. The molecule has 1 aromatic rings. The van der Waals surface area contributed by atoms with Crippen LogP contribution in [0.15, 0.2) is 6.07 Å². The fraction of sp³-hybridized carbons (Fsp3) is 0.714. The number of rotatable bonds is 9. The van der Waals surface area contributed by atoms with Gasteiger partial charge in [-0.3, -0.25) is 0 Å². The van der Waals surface area contributed by atoms with E-state index in [1.165, 1.54) is 56.3 Å². The van der Waals surface area contributed by atoms with E-state index >= 15 is 0 Å². The van der Waals surface area contributed by atoms with Crippen LogP contribution in [0.3, 0.4) is 0 Å². The van der Waals surface area contributed by atoms with E-state index < -0.39 is 0 Å². The molecule has 1 rings (SSSR count). The topological polar surface area (TPSA) is 26.0 Å². The summed E-state index contributed by atoms with van der Waals surface area (Å²) in [6.45, 7) is 2.24. The van der Waals surface area contributed by atoms with Crippen LogP contribution in [0.2, 0.25) is 8.67 Å². The molecule has 0 aliphatic carbocycles. The third-order valence-corrected chi connectivity index (χ3v) is 4.72. The lowest BCUT2D eigenvalue weighted by Crippen LogP contribution is -2.09. The summed E-state index contributed by atoms with van der Waals surface area (Å²) >= 11 is 13.4. The van der Waals surface area contributed by atoms with Crippen molar-refractivity contribution >= 4 is 34.5 Å². The van der Waals surface area contributed by atoms with Crippen molar-refractivity contribution in [3.63, 3.8) is 0 Å². The van der Waals surface area contributed by atoms with Crippen LogP contribution in [0.1, 0.15) is 69.9 Å². The highest BCUT2D eigenvalue weighted by Crippen LogP contribution is 2.35. The summed E-state index contributed by atoms with van der Waals surface area (Å²) in [6.07, 6.45) is 10.2. The first-order chi connectivity index (χ1) is 8.65. The second-order valence-corrected chi connectivity index (χ2v) is 7.08. The maximum absolute atomic E-state index is 6.14. The number of hydrogen-bond acceptors (Lipinski definition) is 2. The summed E-state index contributed by atoms with van der Waals surface area (Å²) in [5.74, 6) is 0. The Hall–Kier alpha value is 0.240. The Labute approximate surface area is 125 Å². The van der Waals surface area contributed by atoms with Crippen molar-refractivity contribution in [2.45, 2.75) is 64.3 Å². The molecule has 1 heterocycles. The molecule has 1 unspecified atom stereocenters. The zero-order chi connectivity index (χ0) is 13.4. The molecule has 0 aliphatic heterocycles. The van der Waals surface area contributed by atoms with Crippen LogP contribution in [0.4, 0.5) is 0 Å². The van der Waals surface area contributed by atoms with E-state index in [9.17, 15) is 0 Å². The summed E-state index contributed by atoms with van der Waals surface area (Å²) in [5.41, 5.74) is 7.15. The minimum Gasteiger partial charge on any atom is -0.324 e. The largest absolute Gasteiger partial charge is 0.324 e. The van der Waals surface area contributed by atoms with Gasteiger partial charge in [0.05, 0.1) is 8.67 Å². The Morgan fingerprint density at radius 2 is 1.72 bits per heavy atom. The maximum atomic E-state index is 6.14. The monoisotopic (exact) mass is 307 g/mol. The fourth-order valence-electron chi connectivity index (χ4n) is 2.08. The van der Waals surface area contributed by atoms with E-state index in [-0.39, 0.29) is 6.04 Å². The Morgan fingerprint density at radius 3 is 2.28 bits per heavy atom. The molecule has 0 saturated carbocycles. The van der Waals surface area contributed by atoms with E-state index in [0.29, 0.717) is 0 Å². The maximum Gasteiger partial charge on any atom is 0.0991 e. The lowest BCUT2D eigenvalue weighted by atomic mass is 10.0. The quantitative estimate of drug-likeness (QED) is 0.540. The van der Waals surface area contributed by atoms with Gasteiger partial charge in [0.2, 0.25) is 0 Å². The molecule has 0 bridgehead atoms. The normalized spacial score (nSPS) is 12.9. The molecule has 0 radical (unpaired) electrons. The van der Waals surface area contributed by atoms with Gasteiger partial charge in [0.1, 0.15) is 0 Å². The molecule has 0 aromatic carbocycles. The Balaban J connectivity index is 2.14. The van der Waals surface area contributed by atoms with Gasteiger partial charge in [0, 0.05) is 6.04 Å². The molecule has 0 fully saturated rings. The van der Waals surface area contributed by atoms with Gasteiger partial charge in [-0.25, -0.2) is 0 Å². The van der Waals surface area contributed by atoms with Crippen LogP contribution in [-0.2, 0) is 0 Å². The van der Waals surface area contributed by atoms with Gasteiger partial charge in [-0.15, -0.1) is 11.3 Å². The summed E-state index contributed by atoms with van der Waals surface area (Å²) in [6, 6.07) is 1.94. The average molecular weight is 308 g/mol. The van der Waals surface area contributed by atoms with E-state index in [0.717, 1.165) is 20.7 Å². The third kappa shape index (κ3) is 5.92. The van der Waals surface area contributed by atoms with Crippen LogP contribution >= 0.6 is 34.5 Å². The minimum absolute atomic E-state index is 0.0388. The van der Waals surface area contributed by atoms with Crippen molar-refractivity contribution in [3.8, 4) is 0 Å². The van der Waals surface area contributed by atoms with Gasteiger partial charge in [0.25, 0.3) is 0 Å². The van der Waals surface area contributed by atoms with E-state index in [1.807, 2.05) is 6.07 Å². The smallest absolute Gasteiger partial charge is 0.0991 e. The summed E-state index contributed by atoms with van der Waals surface area (Å²) in [7, 11) is 0. The second kappa shape index (κ2) is 9.19. The first-order valence-corrected chi connectivity index (χ1v) is 8.42. The first-order valence-electron chi connectivity index (χ1n) is 6.85. The molecule has 0 amide bonds.